The summed E-state index contributed by atoms with van der Waals surface area (Å²) >= 11 is 0. The Morgan fingerprint density at radius 2 is 1.86 bits per heavy atom. The van der Waals surface area contributed by atoms with E-state index in [9.17, 15) is 4.79 Å². The minimum absolute atomic E-state index is 0.0766. The summed E-state index contributed by atoms with van der Waals surface area (Å²) in [5.41, 5.74) is 3.25. The molecule has 116 valence electrons. The predicted molar refractivity (Wildman–Crippen MR) is 88.9 cm³/mol. The molecular weight excluding hydrogens is 274 g/mol. The van der Waals surface area contributed by atoms with E-state index < -0.39 is 6.10 Å². The molecule has 0 aromatic heterocycles. The van der Waals surface area contributed by atoms with Crippen LogP contribution < -0.4 is 10.1 Å². The molecule has 3 nitrogen and oxygen atoms in total. The highest BCUT2D eigenvalue weighted by molar-refractivity contribution is 5.81. The van der Waals surface area contributed by atoms with Gasteiger partial charge in [-0.3, -0.25) is 4.79 Å². The highest BCUT2D eigenvalue weighted by Gasteiger charge is 2.18. The molecule has 0 bridgehead atoms. The number of amides is 1. The van der Waals surface area contributed by atoms with Gasteiger partial charge in [0, 0.05) is 6.54 Å². The van der Waals surface area contributed by atoms with Crippen molar-refractivity contribution in [1.82, 2.24) is 5.32 Å². The van der Waals surface area contributed by atoms with Crippen molar-refractivity contribution in [2.75, 3.05) is 0 Å². The molecule has 0 saturated heterocycles. The molecule has 1 amide bonds. The number of carbonyl (C=O) groups is 1. The molecule has 22 heavy (non-hydrogen) atoms. The zero-order chi connectivity index (χ0) is 15.9. The van der Waals surface area contributed by atoms with Crippen LogP contribution in [0, 0.1) is 13.8 Å². The van der Waals surface area contributed by atoms with Gasteiger partial charge in [0.2, 0.25) is 0 Å². The monoisotopic (exact) mass is 297 g/mol. The van der Waals surface area contributed by atoms with Crippen molar-refractivity contribution in [2.45, 2.75) is 39.8 Å². The van der Waals surface area contributed by atoms with Crippen LogP contribution in [-0.2, 0) is 11.3 Å². The maximum absolute atomic E-state index is 12.3. The van der Waals surface area contributed by atoms with Crippen LogP contribution in [0.4, 0.5) is 0 Å². The van der Waals surface area contributed by atoms with Gasteiger partial charge in [-0.1, -0.05) is 49.4 Å². The van der Waals surface area contributed by atoms with E-state index in [1.54, 1.807) is 0 Å². The van der Waals surface area contributed by atoms with Gasteiger partial charge in [0.05, 0.1) is 0 Å². The van der Waals surface area contributed by atoms with Gasteiger partial charge in [0.25, 0.3) is 5.91 Å². The molecule has 2 aromatic carbocycles. The summed E-state index contributed by atoms with van der Waals surface area (Å²) in [6.45, 7) is 6.48. The summed E-state index contributed by atoms with van der Waals surface area (Å²) in [6.07, 6.45) is 0.165. The fourth-order valence-corrected chi connectivity index (χ4v) is 2.21. The molecular formula is C19H23NO2. The third-order valence-corrected chi connectivity index (χ3v) is 3.59. The average Bonchev–Trinajstić information content (AvgIpc) is 2.54. The van der Waals surface area contributed by atoms with Gasteiger partial charge in [-0.05, 0) is 43.0 Å². The lowest BCUT2D eigenvalue weighted by atomic mass is 10.1. The molecule has 1 N–H and O–H groups in total. The fourth-order valence-electron chi connectivity index (χ4n) is 2.21. The van der Waals surface area contributed by atoms with Crippen LogP contribution in [0.1, 0.15) is 30.0 Å². The van der Waals surface area contributed by atoms with Gasteiger partial charge in [-0.15, -0.1) is 0 Å². The third kappa shape index (κ3) is 4.35. The van der Waals surface area contributed by atoms with Crippen LogP contribution in [0.2, 0.25) is 0 Å². The van der Waals surface area contributed by atoms with E-state index in [-0.39, 0.29) is 5.91 Å². The van der Waals surface area contributed by atoms with Crippen molar-refractivity contribution in [2.24, 2.45) is 0 Å². The first-order chi connectivity index (χ1) is 10.6. The van der Waals surface area contributed by atoms with Gasteiger partial charge in [-0.2, -0.15) is 0 Å². The van der Waals surface area contributed by atoms with Crippen LogP contribution in [0.3, 0.4) is 0 Å². The van der Waals surface area contributed by atoms with Crippen LogP contribution in [0.15, 0.2) is 48.5 Å². The highest BCUT2D eigenvalue weighted by Crippen LogP contribution is 2.21. The van der Waals surface area contributed by atoms with Crippen molar-refractivity contribution < 1.29 is 9.53 Å². The molecule has 0 aliphatic heterocycles. The number of hydrogen-bond donors (Lipinski definition) is 1. The second-order valence-corrected chi connectivity index (χ2v) is 5.49. The number of rotatable bonds is 6. The van der Waals surface area contributed by atoms with Crippen molar-refractivity contribution in [3.63, 3.8) is 0 Å². The number of hydrogen-bond acceptors (Lipinski definition) is 2. The molecule has 2 rings (SSSR count). The standard InChI is InChI=1S/C19H23NO2/c1-4-17(22-18-12-14(2)10-11-15(18)3)19(21)20-13-16-8-6-5-7-9-16/h5-12,17H,4,13H2,1-3H3,(H,20,21)/t17-/m1/s1. The Kier molecular flexibility index (Phi) is 5.59. The molecule has 0 saturated carbocycles. The quantitative estimate of drug-likeness (QED) is 0.881. The maximum atomic E-state index is 12.3. The fraction of sp³-hybridized carbons (Fsp3) is 0.316. The number of carbonyl (C=O) groups excluding carboxylic acids is 1. The summed E-state index contributed by atoms with van der Waals surface area (Å²) in [5.74, 6) is 0.703. The van der Waals surface area contributed by atoms with E-state index in [4.69, 9.17) is 4.74 Å². The molecule has 0 spiro atoms. The molecule has 0 radical (unpaired) electrons. The lowest BCUT2D eigenvalue weighted by molar-refractivity contribution is -0.128. The molecule has 0 aliphatic rings. The summed E-state index contributed by atoms with van der Waals surface area (Å²) in [7, 11) is 0. The van der Waals surface area contributed by atoms with Gasteiger partial charge in [0.15, 0.2) is 6.10 Å². The largest absolute Gasteiger partial charge is 0.480 e. The smallest absolute Gasteiger partial charge is 0.261 e. The van der Waals surface area contributed by atoms with E-state index in [1.165, 1.54) is 0 Å². The maximum Gasteiger partial charge on any atom is 0.261 e. The van der Waals surface area contributed by atoms with Crippen LogP contribution in [-0.4, -0.2) is 12.0 Å². The van der Waals surface area contributed by atoms with E-state index in [1.807, 2.05) is 69.3 Å². The van der Waals surface area contributed by atoms with Gasteiger partial charge >= 0.3 is 0 Å². The Morgan fingerprint density at radius 3 is 2.55 bits per heavy atom. The van der Waals surface area contributed by atoms with Gasteiger partial charge < -0.3 is 10.1 Å². The van der Waals surface area contributed by atoms with Crippen molar-refractivity contribution in [1.29, 1.82) is 0 Å². The van der Waals surface area contributed by atoms with Crippen molar-refractivity contribution in [3.8, 4) is 5.75 Å². The summed E-state index contributed by atoms with van der Waals surface area (Å²) in [6, 6.07) is 15.9. The summed E-state index contributed by atoms with van der Waals surface area (Å²) < 4.78 is 5.91. The minimum atomic E-state index is -0.468. The Labute approximate surface area is 132 Å². The van der Waals surface area contributed by atoms with E-state index in [2.05, 4.69) is 5.32 Å². The first kappa shape index (κ1) is 16.1. The second kappa shape index (κ2) is 7.64. The van der Waals surface area contributed by atoms with Crippen molar-refractivity contribution >= 4 is 5.91 Å². The predicted octanol–water partition coefficient (Wildman–Crippen LogP) is 3.78. The molecule has 0 fully saturated rings. The lowest BCUT2D eigenvalue weighted by Gasteiger charge is -2.19. The first-order valence-electron chi connectivity index (χ1n) is 7.65. The van der Waals surface area contributed by atoms with Gasteiger partial charge in [-0.25, -0.2) is 0 Å². The minimum Gasteiger partial charge on any atom is -0.480 e. The van der Waals surface area contributed by atoms with Crippen LogP contribution in [0.25, 0.3) is 0 Å². The zero-order valence-corrected chi connectivity index (χ0v) is 13.4. The number of aryl methyl sites for hydroxylation is 2. The van der Waals surface area contributed by atoms with E-state index >= 15 is 0 Å². The second-order valence-electron chi connectivity index (χ2n) is 5.49. The average molecular weight is 297 g/mol. The van der Waals surface area contributed by atoms with E-state index in [0.29, 0.717) is 13.0 Å². The summed E-state index contributed by atoms with van der Waals surface area (Å²) in [4.78, 5) is 12.3. The molecule has 1 atom stereocenters. The molecule has 0 heterocycles. The number of nitrogens with one attached hydrogen (secondary N) is 1. The molecule has 0 unspecified atom stereocenters. The zero-order valence-electron chi connectivity index (χ0n) is 13.4. The SMILES string of the molecule is CC[C@@H](Oc1cc(C)ccc1C)C(=O)NCc1ccccc1. The molecule has 0 aliphatic carbocycles. The molecule has 2 aromatic rings. The van der Waals surface area contributed by atoms with Gasteiger partial charge in [0.1, 0.15) is 5.75 Å². The van der Waals surface area contributed by atoms with Crippen LogP contribution >= 0.6 is 0 Å². The molecule has 3 heteroatoms. The topological polar surface area (TPSA) is 38.3 Å². The summed E-state index contributed by atoms with van der Waals surface area (Å²) in [5, 5.41) is 2.94. The third-order valence-electron chi connectivity index (χ3n) is 3.59. The lowest BCUT2D eigenvalue weighted by Crippen LogP contribution is -2.37. The Hall–Kier alpha value is -2.29. The Balaban J connectivity index is 1.98. The number of benzene rings is 2. The Bertz CT molecular complexity index is 623. The first-order valence-corrected chi connectivity index (χ1v) is 7.65. The van der Waals surface area contributed by atoms with E-state index in [0.717, 1.165) is 22.4 Å². The Morgan fingerprint density at radius 1 is 1.14 bits per heavy atom. The normalized spacial score (nSPS) is 11.8. The number of ether oxygens (including phenoxy) is 1. The highest BCUT2D eigenvalue weighted by atomic mass is 16.5. The van der Waals surface area contributed by atoms with Crippen molar-refractivity contribution in [3.05, 3.63) is 65.2 Å². The van der Waals surface area contributed by atoms with Crippen LogP contribution in [0.5, 0.6) is 5.75 Å².